The summed E-state index contributed by atoms with van der Waals surface area (Å²) in [6, 6.07) is 2.06. The molecule has 0 aromatic carbocycles. The molecule has 0 saturated heterocycles. The standard InChI is InChI=1S/C13H13N3S2/c1-3-8(2)12-15-9-4-6-17-11(9)10(16-12)13-14-5-7-18-13/h4-8H,3H2,1-2H3. The van der Waals surface area contributed by atoms with Crippen molar-refractivity contribution in [3.8, 4) is 10.7 Å². The van der Waals surface area contributed by atoms with E-state index in [1.54, 1.807) is 22.7 Å². The van der Waals surface area contributed by atoms with Crippen LogP contribution < -0.4 is 0 Å². The molecule has 0 bridgehead atoms. The predicted octanol–water partition coefficient (Wildman–Crippen LogP) is 4.33. The molecule has 1 unspecified atom stereocenters. The summed E-state index contributed by atoms with van der Waals surface area (Å²) in [5.74, 6) is 1.31. The van der Waals surface area contributed by atoms with Gasteiger partial charge in [0, 0.05) is 17.5 Å². The molecule has 0 spiro atoms. The molecule has 92 valence electrons. The third-order valence-corrected chi connectivity index (χ3v) is 4.70. The SMILES string of the molecule is CCC(C)c1nc(-c2nccs2)c2sccc2n1. The Labute approximate surface area is 114 Å². The van der Waals surface area contributed by atoms with Crippen LogP contribution >= 0.6 is 22.7 Å². The molecule has 0 saturated carbocycles. The van der Waals surface area contributed by atoms with Crippen LogP contribution in [0, 0.1) is 0 Å². The van der Waals surface area contributed by atoms with Crippen molar-refractivity contribution in [2.24, 2.45) is 0 Å². The maximum atomic E-state index is 4.73. The molecule has 0 aliphatic rings. The molecular formula is C13H13N3S2. The quantitative estimate of drug-likeness (QED) is 0.714. The monoisotopic (exact) mass is 275 g/mol. The molecule has 0 radical (unpaired) electrons. The zero-order valence-electron chi connectivity index (χ0n) is 10.3. The molecule has 0 fully saturated rings. The largest absolute Gasteiger partial charge is 0.243 e. The summed E-state index contributed by atoms with van der Waals surface area (Å²) in [5, 5.41) is 5.03. The van der Waals surface area contributed by atoms with Gasteiger partial charge in [-0.15, -0.1) is 22.7 Å². The van der Waals surface area contributed by atoms with Gasteiger partial charge in [0.1, 0.15) is 16.5 Å². The van der Waals surface area contributed by atoms with E-state index in [1.165, 1.54) is 0 Å². The van der Waals surface area contributed by atoms with Crippen molar-refractivity contribution in [3.63, 3.8) is 0 Å². The Morgan fingerprint density at radius 3 is 2.83 bits per heavy atom. The summed E-state index contributed by atoms with van der Waals surface area (Å²) in [6.07, 6.45) is 2.87. The molecule has 3 nitrogen and oxygen atoms in total. The van der Waals surface area contributed by atoms with Gasteiger partial charge in [-0.1, -0.05) is 13.8 Å². The summed E-state index contributed by atoms with van der Waals surface area (Å²) < 4.78 is 1.14. The number of thiazole rings is 1. The highest BCUT2D eigenvalue weighted by Crippen LogP contribution is 2.32. The smallest absolute Gasteiger partial charge is 0.143 e. The van der Waals surface area contributed by atoms with E-state index in [9.17, 15) is 0 Å². The van der Waals surface area contributed by atoms with Crippen LogP contribution in [0.1, 0.15) is 32.0 Å². The first-order chi connectivity index (χ1) is 8.79. The number of nitrogens with zero attached hydrogens (tertiary/aromatic N) is 3. The Morgan fingerprint density at radius 2 is 2.11 bits per heavy atom. The zero-order chi connectivity index (χ0) is 12.5. The highest BCUT2D eigenvalue weighted by atomic mass is 32.1. The fourth-order valence-electron chi connectivity index (χ4n) is 1.77. The second-order valence-corrected chi connectivity index (χ2v) is 6.02. The van der Waals surface area contributed by atoms with Crippen molar-refractivity contribution in [1.82, 2.24) is 15.0 Å². The Morgan fingerprint density at radius 1 is 1.22 bits per heavy atom. The molecule has 5 heteroatoms. The zero-order valence-corrected chi connectivity index (χ0v) is 11.9. The molecule has 1 atom stereocenters. The maximum Gasteiger partial charge on any atom is 0.143 e. The van der Waals surface area contributed by atoms with E-state index in [2.05, 4.69) is 35.3 Å². The lowest BCUT2D eigenvalue weighted by atomic mass is 10.1. The second kappa shape index (κ2) is 4.74. The van der Waals surface area contributed by atoms with E-state index < -0.39 is 0 Å². The Kier molecular flexibility index (Phi) is 3.09. The van der Waals surface area contributed by atoms with Crippen molar-refractivity contribution >= 4 is 32.9 Å². The first-order valence-corrected chi connectivity index (χ1v) is 7.70. The van der Waals surface area contributed by atoms with E-state index in [0.29, 0.717) is 5.92 Å². The molecule has 18 heavy (non-hydrogen) atoms. The molecule has 0 N–H and O–H groups in total. The molecule has 0 aliphatic heterocycles. The number of thiophene rings is 1. The fourth-order valence-corrected chi connectivity index (χ4v) is 3.29. The van der Waals surface area contributed by atoms with Crippen molar-refractivity contribution < 1.29 is 0 Å². The van der Waals surface area contributed by atoms with Crippen LogP contribution in [0.25, 0.3) is 20.9 Å². The van der Waals surface area contributed by atoms with Crippen molar-refractivity contribution in [1.29, 1.82) is 0 Å². The van der Waals surface area contributed by atoms with Gasteiger partial charge in [0.05, 0.1) is 10.2 Å². The van der Waals surface area contributed by atoms with E-state index in [1.807, 2.05) is 11.6 Å². The van der Waals surface area contributed by atoms with Crippen LogP contribution in [-0.4, -0.2) is 15.0 Å². The van der Waals surface area contributed by atoms with Crippen LogP contribution in [-0.2, 0) is 0 Å². The van der Waals surface area contributed by atoms with Gasteiger partial charge in [-0.2, -0.15) is 0 Å². The normalized spacial score (nSPS) is 13.0. The van der Waals surface area contributed by atoms with E-state index in [4.69, 9.17) is 4.98 Å². The molecule has 3 aromatic heterocycles. The average molecular weight is 275 g/mol. The van der Waals surface area contributed by atoms with Crippen molar-refractivity contribution in [2.75, 3.05) is 0 Å². The van der Waals surface area contributed by atoms with Gasteiger partial charge < -0.3 is 0 Å². The highest BCUT2D eigenvalue weighted by Gasteiger charge is 2.15. The van der Waals surface area contributed by atoms with Gasteiger partial charge in [-0.3, -0.25) is 0 Å². The number of aromatic nitrogens is 3. The minimum Gasteiger partial charge on any atom is -0.243 e. The van der Waals surface area contributed by atoms with Crippen molar-refractivity contribution in [3.05, 3.63) is 28.8 Å². The van der Waals surface area contributed by atoms with Crippen LogP contribution in [0.4, 0.5) is 0 Å². The topological polar surface area (TPSA) is 38.7 Å². The minimum absolute atomic E-state index is 0.382. The Balaban J connectivity index is 2.25. The van der Waals surface area contributed by atoms with Crippen LogP contribution in [0.3, 0.4) is 0 Å². The minimum atomic E-state index is 0.382. The van der Waals surface area contributed by atoms with Gasteiger partial charge >= 0.3 is 0 Å². The second-order valence-electron chi connectivity index (χ2n) is 4.21. The van der Waals surface area contributed by atoms with E-state index >= 15 is 0 Å². The fraction of sp³-hybridized carbons (Fsp3) is 0.308. The van der Waals surface area contributed by atoms with Gasteiger partial charge in [-0.05, 0) is 17.9 Å². The highest BCUT2D eigenvalue weighted by molar-refractivity contribution is 7.18. The first kappa shape index (κ1) is 11.7. The molecule has 0 amide bonds. The maximum absolute atomic E-state index is 4.73. The average Bonchev–Trinajstić information content (AvgIpc) is 3.06. The summed E-state index contributed by atoms with van der Waals surface area (Å²) >= 11 is 3.31. The van der Waals surface area contributed by atoms with Crippen molar-refractivity contribution in [2.45, 2.75) is 26.2 Å². The van der Waals surface area contributed by atoms with Crippen LogP contribution in [0.15, 0.2) is 23.0 Å². The third-order valence-electron chi connectivity index (χ3n) is 3.01. The van der Waals surface area contributed by atoms with E-state index in [-0.39, 0.29) is 0 Å². The molecular weight excluding hydrogens is 262 g/mol. The Bertz CT molecular complexity index is 658. The Hall–Kier alpha value is -1.33. The van der Waals surface area contributed by atoms with Crippen LogP contribution in [0.5, 0.6) is 0 Å². The number of hydrogen-bond donors (Lipinski definition) is 0. The molecule has 3 aromatic rings. The summed E-state index contributed by atoms with van der Waals surface area (Å²) in [5.41, 5.74) is 2.02. The number of hydrogen-bond acceptors (Lipinski definition) is 5. The third kappa shape index (κ3) is 1.93. The summed E-state index contributed by atoms with van der Waals surface area (Å²) in [6.45, 7) is 4.33. The predicted molar refractivity (Wildman–Crippen MR) is 77.2 cm³/mol. The molecule has 0 aliphatic carbocycles. The number of rotatable bonds is 3. The lowest BCUT2D eigenvalue weighted by Crippen LogP contribution is -2.01. The van der Waals surface area contributed by atoms with Crippen LogP contribution in [0.2, 0.25) is 0 Å². The van der Waals surface area contributed by atoms with Gasteiger partial charge in [-0.25, -0.2) is 15.0 Å². The molecule has 3 rings (SSSR count). The van der Waals surface area contributed by atoms with Gasteiger partial charge in [0.2, 0.25) is 0 Å². The van der Waals surface area contributed by atoms with Gasteiger partial charge in [0.25, 0.3) is 0 Å². The first-order valence-electron chi connectivity index (χ1n) is 5.94. The summed E-state index contributed by atoms with van der Waals surface area (Å²) in [7, 11) is 0. The lowest BCUT2D eigenvalue weighted by Gasteiger charge is -2.08. The summed E-state index contributed by atoms with van der Waals surface area (Å²) in [4.78, 5) is 13.8. The van der Waals surface area contributed by atoms with E-state index in [0.717, 1.165) is 33.2 Å². The lowest BCUT2D eigenvalue weighted by molar-refractivity contribution is 0.684. The molecule has 3 heterocycles. The van der Waals surface area contributed by atoms with Gasteiger partial charge in [0.15, 0.2) is 0 Å². The number of fused-ring (bicyclic) bond motifs is 1.